The quantitative estimate of drug-likeness (QED) is 0.708. The molecule has 0 fully saturated rings. The van der Waals surface area contributed by atoms with E-state index in [-0.39, 0.29) is 5.91 Å². The minimum atomic E-state index is -0.300. The van der Waals surface area contributed by atoms with E-state index in [9.17, 15) is 4.79 Å². The van der Waals surface area contributed by atoms with Gasteiger partial charge in [-0.1, -0.05) is 23.7 Å². The summed E-state index contributed by atoms with van der Waals surface area (Å²) in [6.07, 6.45) is 0. The highest BCUT2D eigenvalue weighted by atomic mass is 35.5. The summed E-state index contributed by atoms with van der Waals surface area (Å²) in [6.45, 7) is 0. The van der Waals surface area contributed by atoms with Crippen LogP contribution in [0, 0.1) is 0 Å². The van der Waals surface area contributed by atoms with E-state index in [0.29, 0.717) is 27.5 Å². The fourth-order valence-corrected chi connectivity index (χ4v) is 2.79. The number of rotatable bonds is 2. The van der Waals surface area contributed by atoms with E-state index >= 15 is 0 Å². The first-order valence-corrected chi connectivity index (χ1v) is 7.10. The Bertz CT molecular complexity index is 800. The molecule has 1 aromatic heterocycles. The predicted molar refractivity (Wildman–Crippen MR) is 83.4 cm³/mol. The van der Waals surface area contributed by atoms with Crippen LogP contribution in [0.25, 0.3) is 10.2 Å². The van der Waals surface area contributed by atoms with Crippen molar-refractivity contribution in [3.05, 3.63) is 52.5 Å². The highest BCUT2D eigenvalue weighted by Crippen LogP contribution is 2.32. The van der Waals surface area contributed by atoms with Crippen LogP contribution >= 0.6 is 22.9 Å². The standard InChI is InChI=1S/C14H10ClN3OS/c15-9-5-6-11-13(17-7-20-11)12(9)18-14(19)8-3-1-2-4-10(8)16/h1-7H,16H2,(H,18,19). The molecule has 0 spiro atoms. The van der Waals surface area contributed by atoms with E-state index in [0.717, 1.165) is 4.70 Å². The van der Waals surface area contributed by atoms with Gasteiger partial charge in [0.1, 0.15) is 5.52 Å². The number of para-hydroxylation sites is 1. The molecule has 2 aromatic carbocycles. The van der Waals surface area contributed by atoms with E-state index in [4.69, 9.17) is 17.3 Å². The summed E-state index contributed by atoms with van der Waals surface area (Å²) >= 11 is 7.64. The Kier molecular flexibility index (Phi) is 3.30. The number of carbonyl (C=O) groups excluding carboxylic acids is 1. The lowest BCUT2D eigenvalue weighted by Crippen LogP contribution is -2.14. The second-order valence-electron chi connectivity index (χ2n) is 4.16. The first-order chi connectivity index (χ1) is 9.66. The Morgan fingerprint density at radius 2 is 2.05 bits per heavy atom. The fraction of sp³-hybridized carbons (Fsp3) is 0. The molecule has 0 radical (unpaired) electrons. The first-order valence-electron chi connectivity index (χ1n) is 5.84. The van der Waals surface area contributed by atoms with Crippen molar-refractivity contribution in [1.82, 2.24) is 4.98 Å². The molecule has 0 unspecified atom stereocenters. The predicted octanol–water partition coefficient (Wildman–Crippen LogP) is 3.78. The number of nitrogens with one attached hydrogen (secondary N) is 1. The third-order valence-corrected chi connectivity index (χ3v) is 4.00. The Hall–Kier alpha value is -2.11. The van der Waals surface area contributed by atoms with Gasteiger partial charge in [0.15, 0.2) is 0 Å². The number of fused-ring (bicyclic) bond motifs is 1. The number of aromatic nitrogens is 1. The maximum atomic E-state index is 12.3. The summed E-state index contributed by atoms with van der Waals surface area (Å²) < 4.78 is 0.964. The minimum Gasteiger partial charge on any atom is -0.398 e. The lowest BCUT2D eigenvalue weighted by molar-refractivity contribution is 0.102. The molecule has 0 atom stereocenters. The molecule has 0 aliphatic rings. The van der Waals surface area contributed by atoms with Gasteiger partial charge in [0.25, 0.3) is 5.91 Å². The van der Waals surface area contributed by atoms with Gasteiger partial charge in [-0.05, 0) is 24.3 Å². The Balaban J connectivity index is 2.01. The monoisotopic (exact) mass is 303 g/mol. The second-order valence-corrected chi connectivity index (χ2v) is 5.46. The van der Waals surface area contributed by atoms with Crippen LogP contribution in [0.3, 0.4) is 0 Å². The van der Waals surface area contributed by atoms with Gasteiger partial charge in [-0.25, -0.2) is 4.98 Å². The summed E-state index contributed by atoms with van der Waals surface area (Å²) in [5, 5.41) is 3.24. The van der Waals surface area contributed by atoms with Crippen LogP contribution in [-0.4, -0.2) is 10.9 Å². The Labute approximate surface area is 124 Å². The molecule has 0 aliphatic carbocycles. The van der Waals surface area contributed by atoms with Crippen molar-refractivity contribution in [1.29, 1.82) is 0 Å². The zero-order chi connectivity index (χ0) is 14.1. The summed E-state index contributed by atoms with van der Waals surface area (Å²) in [6, 6.07) is 10.5. The van der Waals surface area contributed by atoms with E-state index in [1.54, 1.807) is 35.8 Å². The topological polar surface area (TPSA) is 68.0 Å². The van der Waals surface area contributed by atoms with Crippen molar-refractivity contribution in [2.75, 3.05) is 11.1 Å². The highest BCUT2D eigenvalue weighted by Gasteiger charge is 2.14. The van der Waals surface area contributed by atoms with Gasteiger partial charge < -0.3 is 11.1 Å². The lowest BCUT2D eigenvalue weighted by Gasteiger charge is -2.09. The van der Waals surface area contributed by atoms with Gasteiger partial charge in [-0.3, -0.25) is 4.79 Å². The van der Waals surface area contributed by atoms with Crippen molar-refractivity contribution in [3.63, 3.8) is 0 Å². The number of halogens is 1. The SMILES string of the molecule is Nc1ccccc1C(=O)Nc1c(Cl)ccc2scnc12. The molecule has 0 aliphatic heterocycles. The molecule has 1 heterocycles. The van der Waals surface area contributed by atoms with Crippen LogP contribution in [0.5, 0.6) is 0 Å². The van der Waals surface area contributed by atoms with Gasteiger partial charge in [0, 0.05) is 5.69 Å². The first kappa shape index (κ1) is 12.9. The number of amides is 1. The third kappa shape index (κ3) is 2.21. The van der Waals surface area contributed by atoms with E-state index in [2.05, 4.69) is 10.3 Å². The van der Waals surface area contributed by atoms with Crippen molar-refractivity contribution in [3.8, 4) is 0 Å². The molecule has 0 saturated carbocycles. The number of nitrogens with two attached hydrogens (primary N) is 1. The molecule has 1 amide bonds. The highest BCUT2D eigenvalue weighted by molar-refractivity contribution is 7.16. The van der Waals surface area contributed by atoms with Crippen LogP contribution in [0.1, 0.15) is 10.4 Å². The van der Waals surface area contributed by atoms with Crippen LogP contribution in [0.4, 0.5) is 11.4 Å². The van der Waals surface area contributed by atoms with Crippen molar-refractivity contribution in [2.24, 2.45) is 0 Å². The van der Waals surface area contributed by atoms with Crippen molar-refractivity contribution < 1.29 is 4.79 Å². The molecule has 0 bridgehead atoms. The zero-order valence-corrected chi connectivity index (χ0v) is 11.8. The average molecular weight is 304 g/mol. The van der Waals surface area contributed by atoms with Gasteiger partial charge in [0.05, 0.1) is 26.5 Å². The Morgan fingerprint density at radius 1 is 1.25 bits per heavy atom. The summed E-state index contributed by atoms with van der Waals surface area (Å²) in [5.74, 6) is -0.300. The summed E-state index contributed by atoms with van der Waals surface area (Å²) in [4.78, 5) is 16.5. The zero-order valence-electron chi connectivity index (χ0n) is 10.3. The van der Waals surface area contributed by atoms with Crippen LogP contribution in [-0.2, 0) is 0 Å². The van der Waals surface area contributed by atoms with Crippen molar-refractivity contribution in [2.45, 2.75) is 0 Å². The van der Waals surface area contributed by atoms with Gasteiger partial charge in [-0.2, -0.15) is 0 Å². The molecule has 6 heteroatoms. The normalized spacial score (nSPS) is 10.7. The van der Waals surface area contributed by atoms with E-state index in [1.807, 2.05) is 6.07 Å². The van der Waals surface area contributed by atoms with Gasteiger partial charge in [0.2, 0.25) is 0 Å². The maximum Gasteiger partial charge on any atom is 0.257 e. The molecule has 4 nitrogen and oxygen atoms in total. The number of hydrogen-bond donors (Lipinski definition) is 2. The van der Waals surface area contributed by atoms with Crippen LogP contribution in [0.2, 0.25) is 5.02 Å². The van der Waals surface area contributed by atoms with E-state index < -0.39 is 0 Å². The number of anilines is 2. The Morgan fingerprint density at radius 3 is 2.85 bits per heavy atom. The van der Waals surface area contributed by atoms with Crippen molar-refractivity contribution >= 4 is 50.4 Å². The van der Waals surface area contributed by atoms with Gasteiger partial charge in [-0.15, -0.1) is 11.3 Å². The summed E-state index contributed by atoms with van der Waals surface area (Å²) in [5.41, 5.74) is 9.55. The number of nitrogen functional groups attached to an aromatic ring is 1. The molecule has 3 aromatic rings. The molecule has 0 saturated heterocycles. The molecule has 3 rings (SSSR count). The second kappa shape index (κ2) is 5.11. The molecule has 100 valence electrons. The largest absolute Gasteiger partial charge is 0.398 e. The number of benzene rings is 2. The molecular formula is C14H10ClN3OS. The molecule has 20 heavy (non-hydrogen) atoms. The molecular weight excluding hydrogens is 294 g/mol. The smallest absolute Gasteiger partial charge is 0.257 e. The number of thiazole rings is 1. The lowest BCUT2D eigenvalue weighted by atomic mass is 10.1. The minimum absolute atomic E-state index is 0.300. The fourth-order valence-electron chi connectivity index (χ4n) is 1.91. The van der Waals surface area contributed by atoms with Crippen LogP contribution < -0.4 is 11.1 Å². The average Bonchev–Trinajstić information content (AvgIpc) is 2.91. The summed E-state index contributed by atoms with van der Waals surface area (Å²) in [7, 11) is 0. The molecule has 3 N–H and O–H groups in total. The van der Waals surface area contributed by atoms with Crippen LogP contribution in [0.15, 0.2) is 41.9 Å². The van der Waals surface area contributed by atoms with E-state index in [1.165, 1.54) is 11.3 Å². The number of carbonyl (C=O) groups is 1. The number of nitrogens with zero attached hydrogens (tertiary/aromatic N) is 1. The maximum absolute atomic E-state index is 12.3. The third-order valence-electron chi connectivity index (χ3n) is 2.90. The number of hydrogen-bond acceptors (Lipinski definition) is 4. The van der Waals surface area contributed by atoms with Gasteiger partial charge >= 0.3 is 0 Å².